The van der Waals surface area contributed by atoms with Crippen LogP contribution in [0.4, 0.5) is 0 Å². The van der Waals surface area contributed by atoms with E-state index in [1.807, 2.05) is 17.0 Å². The summed E-state index contributed by atoms with van der Waals surface area (Å²) in [5.41, 5.74) is 0.557. The van der Waals surface area contributed by atoms with E-state index in [1.165, 1.54) is 0 Å². The highest BCUT2D eigenvalue weighted by Gasteiger charge is 2.23. The van der Waals surface area contributed by atoms with Crippen LogP contribution >= 0.6 is 39.1 Å². The minimum atomic E-state index is -0.00294. The van der Waals surface area contributed by atoms with Gasteiger partial charge in [0.25, 0.3) is 5.91 Å². The highest BCUT2D eigenvalue weighted by molar-refractivity contribution is 9.10. The molecule has 2 rings (SSSR count). The predicted octanol–water partition coefficient (Wildman–Crippen LogP) is 3.10. The average molecular weight is 366 g/mol. The molecule has 0 saturated carbocycles. The minimum absolute atomic E-state index is 0.00294. The molecule has 0 atom stereocenters. The van der Waals surface area contributed by atoms with Gasteiger partial charge in [-0.05, 0) is 28.1 Å². The SMILES string of the molecule is O=C(c1cccc(Br)c1Cl)N1CCN(CCCl)CC1. The molecule has 0 aromatic heterocycles. The van der Waals surface area contributed by atoms with Crippen molar-refractivity contribution in [2.45, 2.75) is 0 Å². The van der Waals surface area contributed by atoms with E-state index in [1.54, 1.807) is 6.07 Å². The predicted molar refractivity (Wildman–Crippen MR) is 82.2 cm³/mol. The van der Waals surface area contributed by atoms with Crippen molar-refractivity contribution in [3.05, 3.63) is 33.3 Å². The van der Waals surface area contributed by atoms with Gasteiger partial charge in [-0.2, -0.15) is 0 Å². The number of amides is 1. The van der Waals surface area contributed by atoms with Crippen molar-refractivity contribution >= 4 is 45.0 Å². The second-order valence-electron chi connectivity index (χ2n) is 4.42. The van der Waals surface area contributed by atoms with E-state index >= 15 is 0 Å². The molecule has 0 spiro atoms. The maximum Gasteiger partial charge on any atom is 0.255 e. The average Bonchev–Trinajstić information content (AvgIpc) is 2.42. The van der Waals surface area contributed by atoms with E-state index in [-0.39, 0.29) is 5.91 Å². The third kappa shape index (κ3) is 3.63. The molecule has 1 aliphatic heterocycles. The van der Waals surface area contributed by atoms with Crippen LogP contribution in [0.1, 0.15) is 10.4 Å². The lowest BCUT2D eigenvalue weighted by atomic mass is 10.2. The fourth-order valence-corrected chi connectivity index (χ4v) is 2.95. The van der Waals surface area contributed by atoms with E-state index < -0.39 is 0 Å². The summed E-state index contributed by atoms with van der Waals surface area (Å²) in [5, 5.41) is 0.482. The highest BCUT2D eigenvalue weighted by atomic mass is 79.9. The smallest absolute Gasteiger partial charge is 0.255 e. The number of alkyl halides is 1. The Morgan fingerprint density at radius 1 is 1.26 bits per heavy atom. The molecule has 0 bridgehead atoms. The van der Waals surface area contributed by atoms with Crippen LogP contribution in [0.5, 0.6) is 0 Å². The van der Waals surface area contributed by atoms with E-state index in [0.29, 0.717) is 16.5 Å². The zero-order chi connectivity index (χ0) is 13.8. The van der Waals surface area contributed by atoms with Crippen molar-refractivity contribution in [1.29, 1.82) is 0 Å². The first-order valence-corrected chi connectivity index (χ1v) is 7.85. The lowest BCUT2D eigenvalue weighted by Crippen LogP contribution is -2.49. The summed E-state index contributed by atoms with van der Waals surface area (Å²) < 4.78 is 0.751. The number of carbonyl (C=O) groups excluding carboxylic acids is 1. The van der Waals surface area contributed by atoms with Crippen molar-refractivity contribution in [2.24, 2.45) is 0 Å². The number of nitrogens with zero attached hydrogens (tertiary/aromatic N) is 2. The molecular formula is C13H15BrCl2N2O. The normalized spacial score (nSPS) is 16.7. The largest absolute Gasteiger partial charge is 0.336 e. The molecule has 1 fully saturated rings. The summed E-state index contributed by atoms with van der Waals surface area (Å²) in [6.45, 7) is 4.05. The highest BCUT2D eigenvalue weighted by Crippen LogP contribution is 2.27. The Bertz CT molecular complexity index is 462. The van der Waals surface area contributed by atoms with Crippen LogP contribution in [0, 0.1) is 0 Å². The molecule has 19 heavy (non-hydrogen) atoms. The summed E-state index contributed by atoms with van der Waals surface area (Å²) >= 11 is 15.2. The van der Waals surface area contributed by atoms with Gasteiger partial charge in [-0.3, -0.25) is 9.69 Å². The molecule has 1 heterocycles. The summed E-state index contributed by atoms with van der Waals surface area (Å²) in [6, 6.07) is 5.42. The summed E-state index contributed by atoms with van der Waals surface area (Å²) in [6.07, 6.45) is 0. The van der Waals surface area contributed by atoms with Gasteiger partial charge in [-0.25, -0.2) is 0 Å². The van der Waals surface area contributed by atoms with Crippen molar-refractivity contribution in [3.8, 4) is 0 Å². The Morgan fingerprint density at radius 3 is 2.58 bits per heavy atom. The van der Waals surface area contributed by atoms with Crippen LogP contribution in [-0.2, 0) is 0 Å². The quantitative estimate of drug-likeness (QED) is 0.768. The van der Waals surface area contributed by atoms with E-state index in [0.717, 1.165) is 37.2 Å². The zero-order valence-corrected chi connectivity index (χ0v) is 13.5. The minimum Gasteiger partial charge on any atom is -0.336 e. The van der Waals surface area contributed by atoms with E-state index in [2.05, 4.69) is 20.8 Å². The first kappa shape index (κ1) is 15.1. The van der Waals surface area contributed by atoms with Crippen LogP contribution in [0.2, 0.25) is 5.02 Å². The number of hydrogen-bond donors (Lipinski definition) is 0. The third-order valence-corrected chi connectivity index (χ3v) is 4.71. The number of hydrogen-bond acceptors (Lipinski definition) is 2. The molecule has 6 heteroatoms. The van der Waals surface area contributed by atoms with Gasteiger partial charge in [0.05, 0.1) is 10.6 Å². The van der Waals surface area contributed by atoms with Crippen molar-refractivity contribution in [3.63, 3.8) is 0 Å². The second kappa shape index (κ2) is 6.93. The van der Waals surface area contributed by atoms with Crippen LogP contribution in [0.25, 0.3) is 0 Å². The molecule has 1 aliphatic rings. The van der Waals surface area contributed by atoms with Crippen molar-refractivity contribution < 1.29 is 4.79 Å². The first-order chi connectivity index (χ1) is 9.13. The molecule has 3 nitrogen and oxygen atoms in total. The lowest BCUT2D eigenvalue weighted by molar-refractivity contribution is 0.0644. The number of carbonyl (C=O) groups is 1. The lowest BCUT2D eigenvalue weighted by Gasteiger charge is -2.34. The third-order valence-electron chi connectivity index (χ3n) is 3.24. The van der Waals surface area contributed by atoms with Gasteiger partial charge >= 0.3 is 0 Å². The Kier molecular flexibility index (Phi) is 5.51. The summed E-state index contributed by atoms with van der Waals surface area (Å²) in [4.78, 5) is 16.5. The van der Waals surface area contributed by atoms with Crippen molar-refractivity contribution in [1.82, 2.24) is 9.80 Å². The Balaban J connectivity index is 2.03. The Morgan fingerprint density at radius 2 is 1.95 bits per heavy atom. The first-order valence-electron chi connectivity index (χ1n) is 6.15. The zero-order valence-electron chi connectivity index (χ0n) is 10.4. The molecule has 1 amide bonds. The van der Waals surface area contributed by atoms with Gasteiger partial charge in [-0.1, -0.05) is 17.7 Å². The monoisotopic (exact) mass is 364 g/mol. The van der Waals surface area contributed by atoms with Gasteiger partial charge in [0.15, 0.2) is 0 Å². The number of halogens is 3. The topological polar surface area (TPSA) is 23.6 Å². The molecule has 1 aromatic carbocycles. The van der Waals surface area contributed by atoms with Crippen LogP contribution < -0.4 is 0 Å². The molecule has 1 saturated heterocycles. The fraction of sp³-hybridized carbons (Fsp3) is 0.462. The fourth-order valence-electron chi connectivity index (χ4n) is 2.13. The van der Waals surface area contributed by atoms with Gasteiger partial charge in [0.1, 0.15) is 0 Å². The second-order valence-corrected chi connectivity index (χ2v) is 6.03. The summed E-state index contributed by atoms with van der Waals surface area (Å²) in [5.74, 6) is 0.627. The number of piperazine rings is 1. The standard InChI is InChI=1S/C13H15BrCl2N2O/c14-11-3-1-2-10(12(11)16)13(19)18-8-6-17(5-4-15)7-9-18/h1-3H,4-9H2. The van der Waals surface area contributed by atoms with Gasteiger partial charge in [0.2, 0.25) is 0 Å². The molecule has 0 unspecified atom stereocenters. The maximum absolute atomic E-state index is 12.4. The molecule has 1 aromatic rings. The van der Waals surface area contributed by atoms with E-state index in [9.17, 15) is 4.79 Å². The molecule has 0 radical (unpaired) electrons. The molecule has 0 aliphatic carbocycles. The van der Waals surface area contributed by atoms with Crippen LogP contribution in [0.15, 0.2) is 22.7 Å². The van der Waals surface area contributed by atoms with Gasteiger partial charge in [0, 0.05) is 43.1 Å². The molecule has 104 valence electrons. The number of rotatable bonds is 3. The summed E-state index contributed by atoms with van der Waals surface area (Å²) in [7, 11) is 0. The Hall–Kier alpha value is -0.290. The van der Waals surface area contributed by atoms with Crippen LogP contribution in [-0.4, -0.2) is 54.3 Å². The van der Waals surface area contributed by atoms with Crippen LogP contribution in [0.3, 0.4) is 0 Å². The molecular weight excluding hydrogens is 351 g/mol. The maximum atomic E-state index is 12.4. The van der Waals surface area contributed by atoms with Gasteiger partial charge in [-0.15, -0.1) is 11.6 Å². The number of benzene rings is 1. The van der Waals surface area contributed by atoms with E-state index in [4.69, 9.17) is 23.2 Å². The Labute approximate surface area is 131 Å². The molecule has 0 N–H and O–H groups in total. The van der Waals surface area contributed by atoms with Crippen molar-refractivity contribution in [2.75, 3.05) is 38.6 Å². The van der Waals surface area contributed by atoms with Gasteiger partial charge < -0.3 is 4.90 Å².